The molecule has 1 aliphatic heterocycles. The van der Waals surface area contributed by atoms with Crippen molar-refractivity contribution in [3.8, 4) is 0 Å². The first-order chi connectivity index (χ1) is 12.1. The molecule has 1 heterocycles. The van der Waals surface area contributed by atoms with Crippen molar-refractivity contribution >= 4 is 5.97 Å². The molecule has 0 saturated heterocycles. The Hall–Kier alpha value is -2.63. The highest BCUT2D eigenvalue weighted by Gasteiger charge is 2.48. The molecule has 0 saturated carbocycles. The molecule has 0 aliphatic carbocycles. The van der Waals surface area contributed by atoms with Crippen molar-refractivity contribution in [1.29, 1.82) is 0 Å². The van der Waals surface area contributed by atoms with Gasteiger partial charge < -0.3 is 19.7 Å². The maximum atomic E-state index is 11.8. The lowest BCUT2D eigenvalue weighted by molar-refractivity contribution is -0.152. The first-order valence-electron chi connectivity index (χ1n) is 7.99. The Morgan fingerprint density at radius 1 is 1.16 bits per heavy atom. The molecule has 0 spiro atoms. The highest BCUT2D eigenvalue weighted by molar-refractivity contribution is 5.86. The number of carbonyl (C=O) groups excluding carboxylic acids is 1. The van der Waals surface area contributed by atoms with Crippen molar-refractivity contribution in [3.63, 3.8) is 0 Å². The third kappa shape index (κ3) is 3.29. The molecule has 0 amide bonds. The number of aliphatic hydroxyl groups is 2. The molecular formula is C20H20O5. The number of esters is 1. The molecular weight excluding hydrogens is 320 g/mol. The van der Waals surface area contributed by atoms with Crippen LogP contribution in [0.4, 0.5) is 0 Å². The van der Waals surface area contributed by atoms with Gasteiger partial charge in [-0.15, -0.1) is 0 Å². The van der Waals surface area contributed by atoms with Crippen LogP contribution in [0.2, 0.25) is 0 Å². The van der Waals surface area contributed by atoms with Gasteiger partial charge in [0.15, 0.2) is 0 Å². The highest BCUT2D eigenvalue weighted by Crippen LogP contribution is 2.43. The minimum absolute atomic E-state index is 0.0290. The van der Waals surface area contributed by atoms with Crippen molar-refractivity contribution in [1.82, 2.24) is 0 Å². The third-order valence-corrected chi connectivity index (χ3v) is 4.45. The fraction of sp³-hybridized carbons (Fsp3) is 0.250. The average molecular weight is 340 g/mol. The Labute approximate surface area is 146 Å². The number of hydrogen-bond donors (Lipinski definition) is 2. The average Bonchev–Trinajstić information content (AvgIpc) is 2.68. The zero-order valence-corrected chi connectivity index (χ0v) is 13.8. The van der Waals surface area contributed by atoms with E-state index in [1.54, 1.807) is 24.3 Å². The minimum atomic E-state index is -1.62. The van der Waals surface area contributed by atoms with Gasteiger partial charge in [-0.2, -0.15) is 0 Å². The molecule has 130 valence electrons. The first-order valence-corrected chi connectivity index (χ1v) is 7.99. The molecule has 2 aromatic carbocycles. The zero-order chi connectivity index (χ0) is 17.9. The van der Waals surface area contributed by atoms with E-state index < -0.39 is 23.6 Å². The summed E-state index contributed by atoms with van der Waals surface area (Å²) >= 11 is 0. The Morgan fingerprint density at radius 2 is 1.76 bits per heavy atom. The third-order valence-electron chi connectivity index (χ3n) is 4.45. The fourth-order valence-corrected chi connectivity index (χ4v) is 3.07. The molecule has 0 aromatic heterocycles. The van der Waals surface area contributed by atoms with E-state index in [1.807, 2.05) is 36.4 Å². The lowest BCUT2D eigenvalue weighted by Gasteiger charge is -2.41. The molecule has 0 radical (unpaired) electrons. The summed E-state index contributed by atoms with van der Waals surface area (Å²) in [7, 11) is 1.27. The summed E-state index contributed by atoms with van der Waals surface area (Å²) < 4.78 is 10.1. The smallest absolute Gasteiger partial charge is 0.372 e. The standard InChI is InChI=1S/C20H20O5/c1-24-19(22)17-12-16(14-8-4-2-5-9-14)20(23,13-25-17)18(21)15-10-6-3-7-11-15/h2-12,16,18,21,23H,13H2,1H3/t16-,18+,20+/m0/s1. The Balaban J connectivity index is 2.05. The summed E-state index contributed by atoms with van der Waals surface area (Å²) in [4.78, 5) is 11.8. The largest absolute Gasteiger partial charge is 0.484 e. The maximum Gasteiger partial charge on any atom is 0.372 e. The zero-order valence-electron chi connectivity index (χ0n) is 13.8. The van der Waals surface area contributed by atoms with Crippen LogP contribution in [0.5, 0.6) is 0 Å². The van der Waals surface area contributed by atoms with Gasteiger partial charge in [0.2, 0.25) is 5.76 Å². The summed E-state index contributed by atoms with van der Waals surface area (Å²) in [6.45, 7) is -0.233. The molecule has 1 aliphatic rings. The number of ether oxygens (including phenoxy) is 2. The van der Waals surface area contributed by atoms with E-state index in [2.05, 4.69) is 0 Å². The summed E-state index contributed by atoms with van der Waals surface area (Å²) in [6, 6.07) is 18.1. The van der Waals surface area contributed by atoms with Crippen molar-refractivity contribution in [2.45, 2.75) is 17.6 Å². The summed E-state index contributed by atoms with van der Waals surface area (Å²) in [5, 5.41) is 22.1. The molecule has 0 unspecified atom stereocenters. The monoisotopic (exact) mass is 340 g/mol. The lowest BCUT2D eigenvalue weighted by atomic mass is 9.75. The van der Waals surface area contributed by atoms with Crippen LogP contribution in [0.15, 0.2) is 72.5 Å². The van der Waals surface area contributed by atoms with Gasteiger partial charge in [-0.25, -0.2) is 4.79 Å². The summed E-state index contributed by atoms with van der Waals surface area (Å²) in [5.74, 6) is -1.22. The van der Waals surface area contributed by atoms with Crippen LogP contribution in [0, 0.1) is 0 Å². The normalized spacial score (nSPS) is 24.0. The van der Waals surface area contributed by atoms with Crippen LogP contribution in [-0.4, -0.2) is 35.5 Å². The second-order valence-electron chi connectivity index (χ2n) is 6.00. The molecule has 5 nitrogen and oxygen atoms in total. The Morgan fingerprint density at radius 3 is 2.36 bits per heavy atom. The quantitative estimate of drug-likeness (QED) is 0.836. The van der Waals surface area contributed by atoms with Crippen LogP contribution in [0.25, 0.3) is 0 Å². The van der Waals surface area contributed by atoms with Crippen LogP contribution >= 0.6 is 0 Å². The molecule has 25 heavy (non-hydrogen) atoms. The second kappa shape index (κ2) is 7.09. The second-order valence-corrected chi connectivity index (χ2v) is 6.00. The van der Waals surface area contributed by atoms with Gasteiger partial charge in [0.25, 0.3) is 0 Å². The number of benzene rings is 2. The first kappa shape index (κ1) is 17.2. The van der Waals surface area contributed by atoms with E-state index >= 15 is 0 Å². The van der Waals surface area contributed by atoms with Gasteiger partial charge in [-0.05, 0) is 17.2 Å². The van der Waals surface area contributed by atoms with Gasteiger partial charge in [0, 0.05) is 5.92 Å². The van der Waals surface area contributed by atoms with E-state index in [4.69, 9.17) is 9.47 Å². The molecule has 0 bridgehead atoms. The number of rotatable bonds is 4. The lowest BCUT2D eigenvalue weighted by Crippen LogP contribution is -2.48. The van der Waals surface area contributed by atoms with Crippen LogP contribution < -0.4 is 0 Å². The van der Waals surface area contributed by atoms with Gasteiger partial charge >= 0.3 is 5.97 Å². The Bertz CT molecular complexity index is 756. The summed E-state index contributed by atoms with van der Waals surface area (Å²) in [5.41, 5.74) is -0.283. The van der Waals surface area contributed by atoms with E-state index in [0.29, 0.717) is 5.56 Å². The van der Waals surface area contributed by atoms with E-state index in [-0.39, 0.29) is 12.4 Å². The maximum absolute atomic E-state index is 11.8. The van der Waals surface area contributed by atoms with Gasteiger partial charge in [0.05, 0.1) is 7.11 Å². The van der Waals surface area contributed by atoms with E-state index in [1.165, 1.54) is 13.2 Å². The molecule has 3 atom stereocenters. The van der Waals surface area contributed by atoms with Gasteiger partial charge in [0.1, 0.15) is 18.3 Å². The SMILES string of the molecule is COC(=O)C1=C[C@@H](c2ccccc2)[C@@](O)([C@H](O)c2ccccc2)CO1. The minimum Gasteiger partial charge on any atom is -0.484 e. The molecule has 0 fully saturated rings. The highest BCUT2D eigenvalue weighted by atomic mass is 16.6. The predicted molar refractivity (Wildman–Crippen MR) is 91.6 cm³/mol. The van der Waals surface area contributed by atoms with Crippen LogP contribution in [0.3, 0.4) is 0 Å². The van der Waals surface area contributed by atoms with Crippen LogP contribution in [-0.2, 0) is 14.3 Å². The number of hydrogen-bond acceptors (Lipinski definition) is 5. The summed E-state index contributed by atoms with van der Waals surface area (Å²) in [6.07, 6.45) is 0.325. The van der Waals surface area contributed by atoms with E-state index in [0.717, 1.165) is 5.56 Å². The molecule has 2 N–H and O–H groups in total. The van der Waals surface area contributed by atoms with Crippen molar-refractivity contribution in [2.24, 2.45) is 0 Å². The molecule has 5 heteroatoms. The van der Waals surface area contributed by atoms with Crippen LogP contribution in [0.1, 0.15) is 23.1 Å². The Kier molecular flexibility index (Phi) is 4.88. The number of carbonyl (C=O) groups is 1. The number of aliphatic hydroxyl groups excluding tert-OH is 1. The van der Waals surface area contributed by atoms with Crippen molar-refractivity contribution in [2.75, 3.05) is 13.7 Å². The van der Waals surface area contributed by atoms with Crippen molar-refractivity contribution in [3.05, 3.63) is 83.6 Å². The molecule has 3 rings (SSSR count). The van der Waals surface area contributed by atoms with E-state index in [9.17, 15) is 15.0 Å². The molecule has 2 aromatic rings. The van der Waals surface area contributed by atoms with Crippen molar-refractivity contribution < 1.29 is 24.5 Å². The predicted octanol–water partition coefficient (Wildman–Crippen LogP) is 2.32. The number of methoxy groups -OCH3 is 1. The topological polar surface area (TPSA) is 76.0 Å². The fourth-order valence-electron chi connectivity index (χ4n) is 3.07. The van der Waals surface area contributed by atoms with Gasteiger partial charge in [-0.3, -0.25) is 0 Å². The van der Waals surface area contributed by atoms with Gasteiger partial charge in [-0.1, -0.05) is 60.7 Å².